The van der Waals surface area contributed by atoms with Crippen LogP contribution in [0.2, 0.25) is 0 Å². The Balaban J connectivity index is 0.00000182. The Morgan fingerprint density at radius 1 is 1.36 bits per heavy atom. The Morgan fingerprint density at radius 3 is 2.92 bits per heavy atom. The topological polar surface area (TPSA) is 109 Å². The molecule has 2 aliphatic rings. The van der Waals surface area contributed by atoms with E-state index in [0.717, 1.165) is 13.1 Å². The molecule has 0 spiro atoms. The largest absolute Gasteiger partial charge is 0.333 e. The number of amides is 1. The number of benzene rings is 1. The number of halogens is 1. The predicted molar refractivity (Wildman–Crippen MR) is 92.8 cm³/mol. The van der Waals surface area contributed by atoms with E-state index in [0.29, 0.717) is 17.8 Å². The highest BCUT2D eigenvalue weighted by atomic mass is 35.5. The molecule has 1 aromatic carbocycles. The lowest BCUT2D eigenvalue weighted by Crippen LogP contribution is -2.52. The molecule has 0 saturated carbocycles. The Kier molecular flexibility index (Phi) is 4.43. The van der Waals surface area contributed by atoms with Gasteiger partial charge in [0.2, 0.25) is 5.95 Å². The maximum Gasteiger partial charge on any atom is 0.266 e. The number of aromatic nitrogens is 3. The molecule has 4 rings (SSSR count). The van der Waals surface area contributed by atoms with Gasteiger partial charge in [-0.15, -0.1) is 12.4 Å². The molecule has 0 radical (unpaired) electrons. The Labute approximate surface area is 150 Å². The van der Waals surface area contributed by atoms with Crippen molar-refractivity contribution >= 4 is 34.3 Å². The number of piperazine rings is 1. The van der Waals surface area contributed by atoms with Crippen LogP contribution in [0.1, 0.15) is 17.3 Å². The van der Waals surface area contributed by atoms with Gasteiger partial charge < -0.3 is 10.2 Å². The molecule has 25 heavy (non-hydrogen) atoms. The lowest BCUT2D eigenvalue weighted by Gasteiger charge is -2.34. The van der Waals surface area contributed by atoms with E-state index in [-0.39, 0.29) is 35.2 Å². The summed E-state index contributed by atoms with van der Waals surface area (Å²) in [6.07, 6.45) is 1.27. The molecule has 1 saturated heterocycles. The minimum atomic E-state index is -3.78. The van der Waals surface area contributed by atoms with Gasteiger partial charge in [-0.25, -0.2) is 13.1 Å². The summed E-state index contributed by atoms with van der Waals surface area (Å²) < 4.78 is 28.6. The van der Waals surface area contributed by atoms with E-state index in [1.54, 1.807) is 17.0 Å². The van der Waals surface area contributed by atoms with Gasteiger partial charge in [-0.1, -0.05) is 0 Å². The molecule has 3 heterocycles. The first-order chi connectivity index (χ1) is 11.5. The number of rotatable bonds is 1. The normalized spacial score (nSPS) is 20.7. The van der Waals surface area contributed by atoms with Gasteiger partial charge in [-0.3, -0.25) is 4.79 Å². The number of hydrogen-bond acceptors (Lipinski definition) is 6. The summed E-state index contributed by atoms with van der Waals surface area (Å²) in [5.74, 6) is -0.0382. The van der Waals surface area contributed by atoms with Crippen LogP contribution < -0.4 is 10.0 Å². The number of carbonyl (C=O) groups is 1. The standard InChI is InChI=1S/C14H16N6O3S.ClH/c1-9-7-15-4-5-19(9)13(21)10-2-3-11-12(6-10)24(22,23)18-14-16-8-17-20(11)14;/h2-3,6,8-9,15H,4-5,7H2,1H3,(H,16,17,18);1H/t9-;/m1./s1. The first kappa shape index (κ1) is 17.6. The monoisotopic (exact) mass is 384 g/mol. The molecule has 1 aromatic heterocycles. The van der Waals surface area contributed by atoms with Crippen LogP contribution in [0.3, 0.4) is 0 Å². The molecule has 2 aliphatic heterocycles. The van der Waals surface area contributed by atoms with Gasteiger partial charge in [0.25, 0.3) is 15.9 Å². The number of nitrogens with zero attached hydrogens (tertiary/aromatic N) is 4. The van der Waals surface area contributed by atoms with Gasteiger partial charge in [0.1, 0.15) is 11.2 Å². The number of anilines is 1. The molecule has 0 aliphatic carbocycles. The molecule has 0 unspecified atom stereocenters. The zero-order valence-corrected chi connectivity index (χ0v) is 15.0. The highest BCUT2D eigenvalue weighted by Gasteiger charge is 2.31. The molecule has 2 N–H and O–H groups in total. The third kappa shape index (κ3) is 2.86. The zero-order valence-electron chi connectivity index (χ0n) is 13.3. The van der Waals surface area contributed by atoms with Gasteiger partial charge in [0.05, 0.1) is 5.69 Å². The van der Waals surface area contributed by atoms with Crippen LogP contribution in [0.5, 0.6) is 0 Å². The van der Waals surface area contributed by atoms with E-state index < -0.39 is 10.0 Å². The number of carbonyl (C=O) groups excluding carboxylic acids is 1. The fourth-order valence-corrected chi connectivity index (χ4v) is 4.21. The van der Waals surface area contributed by atoms with Crippen molar-refractivity contribution in [2.24, 2.45) is 0 Å². The molecule has 1 amide bonds. The Morgan fingerprint density at radius 2 is 2.16 bits per heavy atom. The number of fused-ring (bicyclic) bond motifs is 3. The fourth-order valence-electron chi connectivity index (χ4n) is 3.01. The molecule has 11 heteroatoms. The van der Waals surface area contributed by atoms with Gasteiger partial charge >= 0.3 is 0 Å². The summed E-state index contributed by atoms with van der Waals surface area (Å²) >= 11 is 0. The van der Waals surface area contributed by atoms with E-state index >= 15 is 0 Å². The van der Waals surface area contributed by atoms with Crippen molar-refractivity contribution in [3.63, 3.8) is 0 Å². The van der Waals surface area contributed by atoms with Crippen LogP contribution in [0.15, 0.2) is 29.4 Å². The smallest absolute Gasteiger partial charge is 0.266 e. The minimum Gasteiger partial charge on any atom is -0.333 e. The minimum absolute atomic E-state index is 0. The molecule has 0 bridgehead atoms. The average Bonchev–Trinajstić information content (AvgIpc) is 3.02. The number of hydrogen-bond donors (Lipinski definition) is 2. The number of sulfonamides is 1. The fraction of sp³-hybridized carbons (Fsp3) is 0.357. The van der Waals surface area contributed by atoms with Crippen LogP contribution in [0, 0.1) is 0 Å². The predicted octanol–water partition coefficient (Wildman–Crippen LogP) is 0.237. The van der Waals surface area contributed by atoms with Crippen molar-refractivity contribution in [1.29, 1.82) is 0 Å². The Bertz CT molecular complexity index is 928. The highest BCUT2D eigenvalue weighted by molar-refractivity contribution is 7.93. The summed E-state index contributed by atoms with van der Waals surface area (Å²) in [6, 6.07) is 4.67. The molecule has 2 aromatic rings. The van der Waals surface area contributed by atoms with Crippen LogP contribution in [-0.4, -0.2) is 59.7 Å². The summed E-state index contributed by atoms with van der Waals surface area (Å²) in [5, 5.41) is 7.24. The first-order valence-electron chi connectivity index (χ1n) is 7.56. The first-order valence-corrected chi connectivity index (χ1v) is 9.04. The van der Waals surface area contributed by atoms with Crippen molar-refractivity contribution in [1.82, 2.24) is 25.0 Å². The van der Waals surface area contributed by atoms with E-state index in [2.05, 4.69) is 20.1 Å². The summed E-state index contributed by atoms with van der Waals surface area (Å²) in [4.78, 5) is 18.4. The second kappa shape index (κ2) is 6.28. The van der Waals surface area contributed by atoms with E-state index in [1.807, 2.05) is 6.92 Å². The quantitative estimate of drug-likeness (QED) is 0.728. The van der Waals surface area contributed by atoms with E-state index in [1.165, 1.54) is 17.1 Å². The third-order valence-electron chi connectivity index (χ3n) is 4.26. The SMILES string of the molecule is C[C@@H]1CNCCN1C(=O)c1ccc2c(c1)S(=O)(=O)Nc1ncnn1-2.Cl. The van der Waals surface area contributed by atoms with Crippen molar-refractivity contribution in [3.05, 3.63) is 30.1 Å². The maximum atomic E-state index is 12.8. The summed E-state index contributed by atoms with van der Waals surface area (Å²) in [6.45, 7) is 4.00. The van der Waals surface area contributed by atoms with E-state index in [9.17, 15) is 13.2 Å². The number of nitrogens with one attached hydrogen (secondary N) is 2. The van der Waals surface area contributed by atoms with Gasteiger partial charge in [-0.2, -0.15) is 14.8 Å². The van der Waals surface area contributed by atoms with Gasteiger partial charge in [0.15, 0.2) is 0 Å². The van der Waals surface area contributed by atoms with Gasteiger partial charge in [0, 0.05) is 31.2 Å². The van der Waals surface area contributed by atoms with Crippen LogP contribution in [-0.2, 0) is 10.0 Å². The molecule has 1 fully saturated rings. The van der Waals surface area contributed by atoms with Crippen molar-refractivity contribution in [2.45, 2.75) is 17.9 Å². The third-order valence-corrected chi connectivity index (χ3v) is 5.62. The van der Waals surface area contributed by atoms with Crippen LogP contribution in [0.4, 0.5) is 5.95 Å². The second-order valence-electron chi connectivity index (χ2n) is 5.84. The molecular weight excluding hydrogens is 368 g/mol. The van der Waals surface area contributed by atoms with Crippen molar-refractivity contribution in [3.8, 4) is 5.69 Å². The molecular formula is C14H17ClN6O3S. The van der Waals surface area contributed by atoms with E-state index in [4.69, 9.17) is 0 Å². The average molecular weight is 385 g/mol. The molecule has 9 nitrogen and oxygen atoms in total. The second-order valence-corrected chi connectivity index (χ2v) is 7.49. The van der Waals surface area contributed by atoms with Crippen LogP contribution in [0.25, 0.3) is 5.69 Å². The van der Waals surface area contributed by atoms with Crippen LogP contribution >= 0.6 is 12.4 Å². The summed E-state index contributed by atoms with van der Waals surface area (Å²) in [7, 11) is -3.78. The maximum absolute atomic E-state index is 12.8. The zero-order chi connectivity index (χ0) is 16.9. The van der Waals surface area contributed by atoms with Gasteiger partial charge in [-0.05, 0) is 25.1 Å². The van der Waals surface area contributed by atoms with Crippen molar-refractivity contribution < 1.29 is 13.2 Å². The molecule has 1 atom stereocenters. The summed E-state index contributed by atoms with van der Waals surface area (Å²) in [5.41, 5.74) is 0.725. The Hall–Kier alpha value is -2.17. The van der Waals surface area contributed by atoms with Crippen molar-refractivity contribution in [2.75, 3.05) is 24.4 Å². The molecule has 134 valence electrons. The lowest BCUT2D eigenvalue weighted by atomic mass is 10.1. The lowest BCUT2D eigenvalue weighted by molar-refractivity contribution is 0.0655. The highest BCUT2D eigenvalue weighted by Crippen LogP contribution is 2.30.